The van der Waals surface area contributed by atoms with Crippen LogP contribution in [-0.4, -0.2) is 48.9 Å². The van der Waals surface area contributed by atoms with Gasteiger partial charge in [-0.2, -0.15) is 0 Å². The molecule has 4 heterocycles. The maximum Gasteiger partial charge on any atom is 0.251 e. The van der Waals surface area contributed by atoms with Crippen molar-refractivity contribution in [3.63, 3.8) is 0 Å². The van der Waals surface area contributed by atoms with E-state index in [1.807, 2.05) is 17.0 Å². The van der Waals surface area contributed by atoms with Gasteiger partial charge < -0.3 is 9.88 Å². The molecule has 2 aliphatic rings. The van der Waals surface area contributed by atoms with Crippen molar-refractivity contribution in [2.24, 2.45) is 0 Å². The van der Waals surface area contributed by atoms with Crippen molar-refractivity contribution >= 4 is 26.6 Å². The van der Waals surface area contributed by atoms with E-state index in [1.165, 1.54) is 6.26 Å². The van der Waals surface area contributed by atoms with Crippen molar-refractivity contribution in [3.05, 3.63) is 36.3 Å². The van der Waals surface area contributed by atoms with E-state index in [0.717, 1.165) is 10.9 Å². The molecule has 5 rings (SSSR count). The molecule has 164 valence electrons. The molecule has 2 atom stereocenters. The fourth-order valence-electron chi connectivity index (χ4n) is 4.54. The largest absolute Gasteiger partial charge is 0.353 e. The number of aromatic nitrogens is 4. The molecule has 0 aromatic carbocycles. The first-order valence-electron chi connectivity index (χ1n) is 10.3. The van der Waals surface area contributed by atoms with Crippen LogP contribution in [0.3, 0.4) is 0 Å². The zero-order valence-electron chi connectivity index (χ0n) is 17.4. The number of alkyl halides is 2. The zero-order chi connectivity index (χ0) is 22.0. The van der Waals surface area contributed by atoms with Gasteiger partial charge in [0.1, 0.15) is 11.5 Å². The summed E-state index contributed by atoms with van der Waals surface area (Å²) in [5.41, 5.74) is 2.01. The number of H-pyrrole nitrogens is 1. The van der Waals surface area contributed by atoms with Crippen LogP contribution >= 0.6 is 0 Å². The minimum atomic E-state index is -2.90. The first-order chi connectivity index (χ1) is 14.6. The minimum Gasteiger partial charge on any atom is -0.353 e. The molecule has 1 aliphatic heterocycles. The number of pyridine rings is 1. The van der Waals surface area contributed by atoms with Crippen molar-refractivity contribution in [2.75, 3.05) is 17.7 Å². The molecule has 0 bridgehead atoms. The van der Waals surface area contributed by atoms with Crippen molar-refractivity contribution in [2.45, 2.75) is 49.3 Å². The highest BCUT2D eigenvalue weighted by Crippen LogP contribution is 2.53. The van der Waals surface area contributed by atoms with Crippen LogP contribution in [0.5, 0.6) is 0 Å². The Bertz CT molecular complexity index is 1270. The lowest BCUT2D eigenvalue weighted by molar-refractivity contribution is -0.0319. The highest BCUT2D eigenvalue weighted by atomic mass is 32.2. The number of rotatable bonds is 4. The number of halogens is 2. The van der Waals surface area contributed by atoms with E-state index in [4.69, 9.17) is 14.7 Å². The SMILES string of the molecule is C[C@@H]1CC(F)(F)CCN1c1cc(C2(S(C)(=N)=O)CC2)nc(-c2ccnc3[nH]ccc23)n1. The highest BCUT2D eigenvalue weighted by molar-refractivity contribution is 7.92. The van der Waals surface area contributed by atoms with Crippen LogP contribution in [0, 0.1) is 4.78 Å². The van der Waals surface area contributed by atoms with Gasteiger partial charge in [0, 0.05) is 61.1 Å². The molecule has 7 nitrogen and oxygen atoms in total. The van der Waals surface area contributed by atoms with Gasteiger partial charge in [-0.15, -0.1) is 0 Å². The molecule has 0 radical (unpaired) electrons. The fraction of sp³-hybridized carbons (Fsp3) is 0.476. The average Bonchev–Trinajstić information content (AvgIpc) is 3.38. The standard InChI is InChI=1S/C21H24F2N6OS/c1-13-12-21(22,23)7-10-29(13)17-11-16(20(5-6-20)31(2,24)30)27-19(28-17)15-4-9-26-18-14(15)3-8-25-18/h3-4,8-9,11,13,24H,5-7,10,12H2,1-2H3,(H,25,26)/t13-,31?/m1/s1. The summed E-state index contributed by atoms with van der Waals surface area (Å²) < 4.78 is 48.1. The Morgan fingerprint density at radius 2 is 2.03 bits per heavy atom. The van der Waals surface area contributed by atoms with Crippen molar-refractivity contribution in [3.8, 4) is 11.4 Å². The summed E-state index contributed by atoms with van der Waals surface area (Å²) in [5, 5.41) is 0.844. The van der Waals surface area contributed by atoms with E-state index in [0.29, 0.717) is 35.8 Å². The summed E-state index contributed by atoms with van der Waals surface area (Å²) in [4.78, 5) is 18.8. The lowest BCUT2D eigenvalue weighted by Crippen LogP contribution is -2.46. The van der Waals surface area contributed by atoms with E-state index in [2.05, 4.69) is 9.97 Å². The molecule has 2 N–H and O–H groups in total. The number of nitrogens with one attached hydrogen (secondary N) is 2. The number of aromatic amines is 1. The Morgan fingerprint density at radius 3 is 2.71 bits per heavy atom. The highest BCUT2D eigenvalue weighted by Gasteiger charge is 2.53. The average molecular weight is 447 g/mol. The van der Waals surface area contributed by atoms with Crippen LogP contribution in [0.4, 0.5) is 14.6 Å². The summed E-state index contributed by atoms with van der Waals surface area (Å²) in [7, 11) is -2.90. The Morgan fingerprint density at radius 1 is 1.26 bits per heavy atom. The van der Waals surface area contributed by atoms with E-state index < -0.39 is 26.4 Å². The van der Waals surface area contributed by atoms with Crippen molar-refractivity contribution < 1.29 is 13.0 Å². The molecule has 1 saturated carbocycles. The van der Waals surface area contributed by atoms with Crippen LogP contribution in [0.2, 0.25) is 0 Å². The molecule has 2 fully saturated rings. The first-order valence-corrected chi connectivity index (χ1v) is 12.3. The second-order valence-corrected chi connectivity index (χ2v) is 11.2. The third-order valence-corrected chi connectivity index (χ3v) is 8.58. The van der Waals surface area contributed by atoms with Crippen LogP contribution < -0.4 is 4.90 Å². The molecular weight excluding hydrogens is 422 g/mol. The van der Waals surface area contributed by atoms with Gasteiger partial charge in [-0.25, -0.2) is 27.9 Å². The second-order valence-electron chi connectivity index (χ2n) is 8.72. The molecule has 1 aliphatic carbocycles. The van der Waals surface area contributed by atoms with Crippen molar-refractivity contribution in [1.29, 1.82) is 4.78 Å². The van der Waals surface area contributed by atoms with Crippen LogP contribution in [-0.2, 0) is 14.5 Å². The van der Waals surface area contributed by atoms with Gasteiger partial charge in [-0.1, -0.05) is 0 Å². The summed E-state index contributed by atoms with van der Waals surface area (Å²) in [6.45, 7) is 1.95. The molecular formula is C21H24F2N6OS. The predicted molar refractivity (Wildman–Crippen MR) is 116 cm³/mol. The third-order valence-electron chi connectivity index (χ3n) is 6.47. The number of hydrogen-bond donors (Lipinski definition) is 2. The monoisotopic (exact) mass is 446 g/mol. The third kappa shape index (κ3) is 3.37. The Hall–Kier alpha value is -2.62. The van der Waals surface area contributed by atoms with E-state index in [1.54, 1.807) is 25.4 Å². The molecule has 3 aromatic heterocycles. The zero-order valence-corrected chi connectivity index (χ0v) is 18.2. The predicted octanol–water partition coefficient (Wildman–Crippen LogP) is 4.31. The Labute approximate surface area is 179 Å². The van der Waals surface area contributed by atoms with Crippen molar-refractivity contribution in [1.82, 2.24) is 19.9 Å². The number of fused-ring (bicyclic) bond motifs is 1. The summed E-state index contributed by atoms with van der Waals surface area (Å²) in [6, 6.07) is 5.05. The van der Waals surface area contributed by atoms with E-state index >= 15 is 0 Å². The molecule has 0 amide bonds. The quantitative estimate of drug-likeness (QED) is 0.622. The molecule has 1 saturated heterocycles. The maximum absolute atomic E-state index is 13.9. The lowest BCUT2D eigenvalue weighted by Gasteiger charge is -2.38. The van der Waals surface area contributed by atoms with Gasteiger partial charge in [0.15, 0.2) is 5.82 Å². The van der Waals surface area contributed by atoms with Gasteiger partial charge in [-0.3, -0.25) is 4.78 Å². The van der Waals surface area contributed by atoms with Gasteiger partial charge in [0.05, 0.1) is 20.2 Å². The summed E-state index contributed by atoms with van der Waals surface area (Å²) in [5.74, 6) is -1.72. The minimum absolute atomic E-state index is 0.176. The Kier molecular flexibility index (Phi) is 4.38. The lowest BCUT2D eigenvalue weighted by atomic mass is 9.99. The number of anilines is 1. The van der Waals surface area contributed by atoms with Crippen LogP contribution in [0.15, 0.2) is 30.6 Å². The van der Waals surface area contributed by atoms with Gasteiger partial charge >= 0.3 is 0 Å². The van der Waals surface area contributed by atoms with Crippen LogP contribution in [0.25, 0.3) is 22.4 Å². The number of hydrogen-bond acceptors (Lipinski definition) is 6. The molecule has 31 heavy (non-hydrogen) atoms. The normalized spacial score (nSPS) is 24.1. The van der Waals surface area contributed by atoms with Crippen LogP contribution in [0.1, 0.15) is 38.3 Å². The molecule has 3 aromatic rings. The summed E-state index contributed by atoms with van der Waals surface area (Å²) in [6.07, 6.45) is 5.64. The van der Waals surface area contributed by atoms with Gasteiger partial charge in [0.25, 0.3) is 5.92 Å². The number of nitrogens with zero attached hydrogens (tertiary/aromatic N) is 4. The summed E-state index contributed by atoms with van der Waals surface area (Å²) >= 11 is 0. The molecule has 10 heteroatoms. The second kappa shape index (κ2) is 6.69. The molecule has 0 spiro atoms. The van der Waals surface area contributed by atoms with Gasteiger partial charge in [-0.05, 0) is 31.9 Å². The van der Waals surface area contributed by atoms with E-state index in [-0.39, 0.29) is 19.4 Å². The molecule has 1 unspecified atom stereocenters. The smallest absolute Gasteiger partial charge is 0.251 e. The fourth-order valence-corrected chi connectivity index (χ4v) is 5.92. The van der Waals surface area contributed by atoms with E-state index in [9.17, 15) is 13.0 Å². The maximum atomic E-state index is 13.9. The number of piperidine rings is 1. The first kappa shape index (κ1) is 20.3. The Balaban J connectivity index is 1.68. The van der Waals surface area contributed by atoms with Gasteiger partial charge in [0.2, 0.25) is 0 Å². The topological polar surface area (TPSA) is 98.6 Å².